The lowest BCUT2D eigenvalue weighted by atomic mass is 10.0. The molecule has 7 nitrogen and oxygen atoms in total. The fourth-order valence-electron chi connectivity index (χ4n) is 4.07. The third-order valence-electron chi connectivity index (χ3n) is 5.96. The van der Waals surface area contributed by atoms with E-state index in [0.717, 1.165) is 60.5 Å². The molecule has 1 atom stereocenters. The summed E-state index contributed by atoms with van der Waals surface area (Å²) in [5.74, 6) is 2.56. The van der Waals surface area contributed by atoms with E-state index in [1.165, 1.54) is 6.42 Å². The summed E-state index contributed by atoms with van der Waals surface area (Å²) in [4.78, 5) is 31.0. The molecule has 1 aromatic carbocycles. The Bertz CT molecular complexity index is 1080. The molecule has 31 heavy (non-hydrogen) atoms. The summed E-state index contributed by atoms with van der Waals surface area (Å²) in [6, 6.07) is 15.5. The second-order valence-corrected chi connectivity index (χ2v) is 8.26. The number of nitrogens with one attached hydrogen (secondary N) is 1. The van der Waals surface area contributed by atoms with Crippen molar-refractivity contribution < 1.29 is 4.79 Å². The van der Waals surface area contributed by atoms with Crippen LogP contribution < -0.4 is 10.2 Å². The molecule has 2 saturated heterocycles. The van der Waals surface area contributed by atoms with Crippen molar-refractivity contribution >= 4 is 23.5 Å². The van der Waals surface area contributed by atoms with Crippen LogP contribution in [0.15, 0.2) is 54.7 Å². The molecule has 1 N–H and O–H groups in total. The summed E-state index contributed by atoms with van der Waals surface area (Å²) in [5, 5.41) is 3.34. The first-order valence-electron chi connectivity index (χ1n) is 10.8. The fraction of sp³-hybridized carbons (Fsp3) is 0.333. The van der Waals surface area contributed by atoms with Gasteiger partial charge in [-0.2, -0.15) is 4.98 Å². The van der Waals surface area contributed by atoms with Crippen LogP contribution in [0.1, 0.15) is 40.4 Å². The minimum atomic E-state index is 0.0856. The molecule has 2 aliphatic rings. The number of hydrogen-bond acceptors (Lipinski definition) is 6. The van der Waals surface area contributed by atoms with Crippen LogP contribution in [0.2, 0.25) is 0 Å². The number of benzene rings is 1. The van der Waals surface area contributed by atoms with Gasteiger partial charge < -0.3 is 15.1 Å². The van der Waals surface area contributed by atoms with Crippen LogP contribution in [-0.2, 0) is 0 Å². The number of nitrogens with zero attached hydrogens (tertiary/aromatic N) is 5. The standard InChI is InChI=1S/C24H26N6O/c1-17-8-10-25-21(14-17)27-22-15-20(26-24(28-22)29-11-5-12-29)19-9-13-30(16-19)23(31)18-6-3-2-4-7-18/h2-4,6-8,10,14-15,19H,5,9,11-13,16H2,1H3,(H,25,26,27,28). The van der Waals surface area contributed by atoms with Gasteiger partial charge in [-0.25, -0.2) is 9.97 Å². The van der Waals surface area contributed by atoms with Crippen molar-refractivity contribution in [3.8, 4) is 0 Å². The van der Waals surface area contributed by atoms with Crippen LogP contribution >= 0.6 is 0 Å². The lowest BCUT2D eigenvalue weighted by Crippen LogP contribution is -2.38. The summed E-state index contributed by atoms with van der Waals surface area (Å²) >= 11 is 0. The van der Waals surface area contributed by atoms with Gasteiger partial charge in [0.1, 0.15) is 11.6 Å². The van der Waals surface area contributed by atoms with Gasteiger partial charge in [0.05, 0.1) is 5.69 Å². The number of amides is 1. The van der Waals surface area contributed by atoms with E-state index in [0.29, 0.717) is 6.54 Å². The highest BCUT2D eigenvalue weighted by Gasteiger charge is 2.30. The molecule has 3 aromatic rings. The van der Waals surface area contributed by atoms with Crippen molar-refractivity contribution in [3.05, 3.63) is 71.5 Å². The Balaban J connectivity index is 1.38. The lowest BCUT2D eigenvalue weighted by molar-refractivity contribution is 0.0790. The van der Waals surface area contributed by atoms with Crippen molar-refractivity contribution in [2.24, 2.45) is 0 Å². The minimum Gasteiger partial charge on any atom is -0.341 e. The molecule has 5 rings (SSSR count). The Morgan fingerprint density at radius 1 is 1.03 bits per heavy atom. The summed E-state index contributed by atoms with van der Waals surface area (Å²) < 4.78 is 0. The molecule has 1 amide bonds. The Morgan fingerprint density at radius 2 is 1.87 bits per heavy atom. The van der Waals surface area contributed by atoms with Crippen molar-refractivity contribution in [2.45, 2.75) is 25.7 Å². The monoisotopic (exact) mass is 414 g/mol. The van der Waals surface area contributed by atoms with Crippen molar-refractivity contribution in [3.63, 3.8) is 0 Å². The van der Waals surface area contributed by atoms with E-state index in [1.54, 1.807) is 6.20 Å². The highest BCUT2D eigenvalue weighted by molar-refractivity contribution is 5.94. The number of carbonyl (C=O) groups excluding carboxylic acids is 1. The van der Waals surface area contributed by atoms with Crippen molar-refractivity contribution in [2.75, 3.05) is 36.4 Å². The molecule has 2 fully saturated rings. The lowest BCUT2D eigenvalue weighted by Gasteiger charge is -2.31. The molecule has 0 aliphatic carbocycles. The maximum Gasteiger partial charge on any atom is 0.253 e. The van der Waals surface area contributed by atoms with Crippen LogP contribution in [0, 0.1) is 6.92 Å². The Morgan fingerprint density at radius 3 is 2.61 bits per heavy atom. The van der Waals surface area contributed by atoms with Crippen LogP contribution in [0.4, 0.5) is 17.6 Å². The predicted molar refractivity (Wildman–Crippen MR) is 121 cm³/mol. The minimum absolute atomic E-state index is 0.0856. The molecular weight excluding hydrogens is 388 g/mol. The van der Waals surface area contributed by atoms with E-state index >= 15 is 0 Å². The molecule has 2 aromatic heterocycles. The maximum atomic E-state index is 12.9. The highest BCUT2D eigenvalue weighted by Crippen LogP contribution is 2.31. The first-order valence-corrected chi connectivity index (χ1v) is 10.8. The van der Waals surface area contributed by atoms with E-state index < -0.39 is 0 Å². The van der Waals surface area contributed by atoms with Gasteiger partial charge in [0.2, 0.25) is 5.95 Å². The molecule has 7 heteroatoms. The summed E-state index contributed by atoms with van der Waals surface area (Å²) in [6.07, 6.45) is 3.86. The molecular formula is C24H26N6O. The van der Waals surface area contributed by atoms with Gasteiger partial charge in [0, 0.05) is 49.9 Å². The first kappa shape index (κ1) is 19.5. The highest BCUT2D eigenvalue weighted by atomic mass is 16.2. The van der Waals surface area contributed by atoms with E-state index in [2.05, 4.69) is 15.2 Å². The van der Waals surface area contributed by atoms with E-state index in [1.807, 2.05) is 60.4 Å². The van der Waals surface area contributed by atoms with Gasteiger partial charge in [0.15, 0.2) is 0 Å². The van der Waals surface area contributed by atoms with Gasteiger partial charge >= 0.3 is 0 Å². The number of anilines is 3. The number of likely N-dealkylation sites (tertiary alicyclic amines) is 1. The van der Waals surface area contributed by atoms with E-state index in [-0.39, 0.29) is 11.8 Å². The third-order valence-corrected chi connectivity index (χ3v) is 5.96. The van der Waals surface area contributed by atoms with Gasteiger partial charge in [-0.1, -0.05) is 18.2 Å². The number of hydrogen-bond donors (Lipinski definition) is 1. The number of pyridine rings is 1. The van der Waals surface area contributed by atoms with Gasteiger partial charge in [-0.3, -0.25) is 4.79 Å². The fourth-order valence-corrected chi connectivity index (χ4v) is 4.07. The number of carbonyl (C=O) groups is 1. The van der Waals surface area contributed by atoms with Crippen LogP contribution in [0.25, 0.3) is 0 Å². The SMILES string of the molecule is Cc1ccnc(Nc2cc(C3CCN(C(=O)c4ccccc4)C3)nc(N3CCC3)n2)c1. The Hall–Kier alpha value is -3.48. The van der Waals surface area contributed by atoms with Crippen LogP contribution in [0.3, 0.4) is 0 Å². The summed E-state index contributed by atoms with van der Waals surface area (Å²) in [6.45, 7) is 5.42. The second kappa shape index (κ2) is 8.34. The molecule has 2 aliphatic heterocycles. The zero-order chi connectivity index (χ0) is 21.2. The van der Waals surface area contributed by atoms with Crippen molar-refractivity contribution in [1.29, 1.82) is 0 Å². The first-order chi connectivity index (χ1) is 15.2. The van der Waals surface area contributed by atoms with E-state index in [4.69, 9.17) is 9.97 Å². The largest absolute Gasteiger partial charge is 0.341 e. The van der Waals surface area contributed by atoms with Crippen LogP contribution in [0.5, 0.6) is 0 Å². The average Bonchev–Trinajstić information content (AvgIpc) is 3.23. The smallest absolute Gasteiger partial charge is 0.253 e. The van der Waals surface area contributed by atoms with Gasteiger partial charge in [-0.05, 0) is 49.6 Å². The topological polar surface area (TPSA) is 74.2 Å². The molecule has 0 saturated carbocycles. The van der Waals surface area contributed by atoms with Gasteiger partial charge in [0.25, 0.3) is 5.91 Å². The number of aryl methyl sites for hydroxylation is 1. The zero-order valence-electron chi connectivity index (χ0n) is 17.7. The number of aromatic nitrogens is 3. The van der Waals surface area contributed by atoms with Crippen LogP contribution in [-0.4, -0.2) is 51.9 Å². The van der Waals surface area contributed by atoms with Crippen molar-refractivity contribution in [1.82, 2.24) is 19.9 Å². The molecule has 158 valence electrons. The number of rotatable bonds is 5. The molecule has 0 spiro atoms. The quantitative estimate of drug-likeness (QED) is 0.685. The predicted octanol–water partition coefficient (Wildman–Crippen LogP) is 3.76. The average molecular weight is 415 g/mol. The second-order valence-electron chi connectivity index (χ2n) is 8.26. The Kier molecular flexibility index (Phi) is 5.24. The zero-order valence-corrected chi connectivity index (χ0v) is 17.7. The molecule has 0 radical (unpaired) electrons. The molecule has 4 heterocycles. The molecule has 0 bridgehead atoms. The normalized spacial score (nSPS) is 18.0. The Labute approximate surface area is 182 Å². The van der Waals surface area contributed by atoms with Gasteiger partial charge in [-0.15, -0.1) is 0 Å². The summed E-state index contributed by atoms with van der Waals surface area (Å²) in [5.41, 5.74) is 2.86. The molecule has 1 unspecified atom stereocenters. The third kappa shape index (κ3) is 4.21. The van der Waals surface area contributed by atoms with E-state index in [9.17, 15) is 4.79 Å². The maximum absolute atomic E-state index is 12.9. The summed E-state index contributed by atoms with van der Waals surface area (Å²) in [7, 11) is 0.